The average molecular weight is 205 g/mol. The molecule has 14 heavy (non-hydrogen) atoms. The number of rotatable bonds is 4. The van der Waals surface area contributed by atoms with Crippen LogP contribution in [-0.4, -0.2) is 12.0 Å². The van der Waals surface area contributed by atoms with E-state index in [-0.39, 0.29) is 0 Å². The van der Waals surface area contributed by atoms with Gasteiger partial charge in [-0.15, -0.1) is 6.58 Å². The van der Waals surface area contributed by atoms with Gasteiger partial charge in [0.25, 0.3) is 0 Å². The highest BCUT2D eigenvalue weighted by Gasteiger charge is 2.03. The Kier molecular flexibility index (Phi) is 4.33. The Hall–Kier alpha value is -1.15. The summed E-state index contributed by atoms with van der Waals surface area (Å²) in [5.74, 6) is 0. The van der Waals surface area contributed by atoms with Crippen molar-refractivity contribution >= 4 is 17.2 Å². The van der Waals surface area contributed by atoms with Crippen LogP contribution in [0, 0.1) is 0 Å². The third-order valence-electron chi connectivity index (χ3n) is 2.11. The molecular formula is C12H15NS. The van der Waals surface area contributed by atoms with Crippen LogP contribution < -0.4 is 5.32 Å². The van der Waals surface area contributed by atoms with Crippen LogP contribution >= 0.6 is 12.2 Å². The van der Waals surface area contributed by atoms with Crippen LogP contribution in [-0.2, 0) is 6.42 Å². The van der Waals surface area contributed by atoms with Gasteiger partial charge in [0, 0.05) is 12.6 Å². The lowest BCUT2D eigenvalue weighted by molar-refractivity contribution is 0.998. The zero-order chi connectivity index (χ0) is 10.4. The van der Waals surface area contributed by atoms with Gasteiger partial charge in [-0.2, -0.15) is 0 Å². The maximum absolute atomic E-state index is 5.22. The molecule has 0 atom stereocenters. The van der Waals surface area contributed by atoms with Gasteiger partial charge in [0.15, 0.2) is 0 Å². The van der Waals surface area contributed by atoms with Gasteiger partial charge in [-0.1, -0.05) is 42.6 Å². The summed E-state index contributed by atoms with van der Waals surface area (Å²) in [6, 6.07) is 8.22. The van der Waals surface area contributed by atoms with Crippen molar-refractivity contribution in [3.05, 3.63) is 48.0 Å². The van der Waals surface area contributed by atoms with Crippen molar-refractivity contribution < 1.29 is 0 Å². The Morgan fingerprint density at radius 3 is 2.86 bits per heavy atom. The quantitative estimate of drug-likeness (QED) is 0.599. The summed E-state index contributed by atoms with van der Waals surface area (Å²) in [7, 11) is 1.85. The first-order chi connectivity index (χ1) is 6.79. The van der Waals surface area contributed by atoms with Crippen LogP contribution in [0.5, 0.6) is 0 Å². The molecule has 0 aliphatic heterocycles. The Bertz CT molecular complexity index is 331. The molecular weight excluding hydrogens is 190 g/mol. The molecule has 74 valence electrons. The monoisotopic (exact) mass is 205 g/mol. The molecule has 0 bridgehead atoms. The van der Waals surface area contributed by atoms with E-state index >= 15 is 0 Å². The maximum atomic E-state index is 5.22. The second kappa shape index (κ2) is 5.55. The molecule has 0 fully saturated rings. The highest BCUT2D eigenvalue weighted by Crippen LogP contribution is 2.11. The first kappa shape index (κ1) is 10.9. The molecule has 0 saturated heterocycles. The van der Waals surface area contributed by atoms with Crippen LogP contribution in [0.1, 0.15) is 17.5 Å². The molecule has 0 unspecified atom stereocenters. The van der Waals surface area contributed by atoms with E-state index in [1.54, 1.807) is 0 Å². The summed E-state index contributed by atoms with van der Waals surface area (Å²) in [5.41, 5.74) is 2.42. The number of thiocarbonyl (C=S) groups is 1. The van der Waals surface area contributed by atoms with Gasteiger partial charge in [-0.25, -0.2) is 0 Å². The predicted octanol–water partition coefficient (Wildman–Crippen LogP) is 2.70. The Morgan fingerprint density at radius 1 is 1.50 bits per heavy atom. The van der Waals surface area contributed by atoms with Crippen molar-refractivity contribution in [2.45, 2.75) is 12.8 Å². The van der Waals surface area contributed by atoms with Gasteiger partial charge in [0.2, 0.25) is 0 Å². The van der Waals surface area contributed by atoms with E-state index < -0.39 is 0 Å². The van der Waals surface area contributed by atoms with Gasteiger partial charge >= 0.3 is 0 Å². The first-order valence-electron chi connectivity index (χ1n) is 4.70. The summed E-state index contributed by atoms with van der Waals surface area (Å²) >= 11 is 5.22. The highest BCUT2D eigenvalue weighted by molar-refractivity contribution is 7.80. The smallest absolute Gasteiger partial charge is 0.106 e. The molecule has 0 aromatic heterocycles. The van der Waals surface area contributed by atoms with E-state index in [2.05, 4.69) is 24.0 Å². The lowest BCUT2D eigenvalue weighted by Gasteiger charge is -2.08. The summed E-state index contributed by atoms with van der Waals surface area (Å²) in [5, 5.41) is 3.00. The van der Waals surface area contributed by atoms with Crippen LogP contribution in [0.4, 0.5) is 0 Å². The molecule has 1 rings (SSSR count). The van der Waals surface area contributed by atoms with E-state index in [1.807, 2.05) is 25.3 Å². The van der Waals surface area contributed by atoms with E-state index in [4.69, 9.17) is 12.2 Å². The molecule has 0 saturated carbocycles. The first-order valence-corrected chi connectivity index (χ1v) is 5.11. The molecule has 0 aliphatic rings. The normalized spacial score (nSPS) is 9.50. The fraction of sp³-hybridized carbons (Fsp3) is 0.250. The van der Waals surface area contributed by atoms with E-state index in [0.29, 0.717) is 0 Å². The molecule has 1 nitrogen and oxygen atoms in total. The fourth-order valence-corrected chi connectivity index (χ4v) is 1.55. The number of hydrogen-bond donors (Lipinski definition) is 1. The van der Waals surface area contributed by atoms with Gasteiger partial charge < -0.3 is 5.32 Å². The van der Waals surface area contributed by atoms with Crippen LogP contribution in [0.2, 0.25) is 0 Å². The molecule has 1 aromatic carbocycles. The number of aryl methyl sites for hydroxylation is 1. The van der Waals surface area contributed by atoms with Crippen LogP contribution in [0.3, 0.4) is 0 Å². The molecule has 0 amide bonds. The summed E-state index contributed by atoms with van der Waals surface area (Å²) in [4.78, 5) is 0.810. The van der Waals surface area contributed by atoms with E-state index in [0.717, 1.165) is 23.4 Å². The largest absolute Gasteiger partial charge is 0.379 e. The van der Waals surface area contributed by atoms with Gasteiger partial charge in [0.05, 0.1) is 0 Å². The summed E-state index contributed by atoms with van der Waals surface area (Å²) in [6.07, 6.45) is 3.92. The Morgan fingerprint density at radius 2 is 2.21 bits per heavy atom. The number of benzene rings is 1. The Labute approximate surface area is 90.8 Å². The topological polar surface area (TPSA) is 12.0 Å². The molecule has 1 N–H and O–H groups in total. The molecule has 2 heteroatoms. The van der Waals surface area contributed by atoms with Crippen molar-refractivity contribution in [2.75, 3.05) is 7.05 Å². The van der Waals surface area contributed by atoms with Crippen molar-refractivity contribution in [3.8, 4) is 0 Å². The number of nitrogens with one attached hydrogen (secondary N) is 1. The van der Waals surface area contributed by atoms with Crippen molar-refractivity contribution in [3.63, 3.8) is 0 Å². The second-order valence-electron chi connectivity index (χ2n) is 3.06. The Balaban J connectivity index is 2.90. The third-order valence-corrected chi connectivity index (χ3v) is 2.53. The zero-order valence-electron chi connectivity index (χ0n) is 8.42. The fourth-order valence-electron chi connectivity index (χ4n) is 1.35. The molecule has 0 spiro atoms. The standard InChI is InChI=1S/C12H15NS/c1-3-4-7-10-8-5-6-9-11(10)12(14)13-2/h3,5-6,8-9H,1,4,7H2,2H3,(H,13,14). The lowest BCUT2D eigenvalue weighted by atomic mass is 10.0. The van der Waals surface area contributed by atoms with Gasteiger partial charge in [-0.05, 0) is 18.4 Å². The molecule has 0 heterocycles. The maximum Gasteiger partial charge on any atom is 0.106 e. The van der Waals surface area contributed by atoms with E-state index in [9.17, 15) is 0 Å². The summed E-state index contributed by atoms with van der Waals surface area (Å²) in [6.45, 7) is 3.72. The zero-order valence-corrected chi connectivity index (χ0v) is 9.23. The second-order valence-corrected chi connectivity index (χ2v) is 3.47. The van der Waals surface area contributed by atoms with Crippen molar-refractivity contribution in [1.82, 2.24) is 5.32 Å². The lowest BCUT2D eigenvalue weighted by Crippen LogP contribution is -2.18. The van der Waals surface area contributed by atoms with Crippen LogP contribution in [0.25, 0.3) is 0 Å². The summed E-state index contributed by atoms with van der Waals surface area (Å²) < 4.78 is 0. The average Bonchev–Trinajstić information content (AvgIpc) is 2.25. The SMILES string of the molecule is C=CCCc1ccccc1C(=S)NC. The van der Waals surface area contributed by atoms with Gasteiger partial charge in [0.1, 0.15) is 4.99 Å². The highest BCUT2D eigenvalue weighted by atomic mass is 32.1. The third kappa shape index (κ3) is 2.67. The van der Waals surface area contributed by atoms with E-state index in [1.165, 1.54) is 5.56 Å². The minimum Gasteiger partial charge on any atom is -0.379 e. The van der Waals surface area contributed by atoms with Crippen molar-refractivity contribution in [1.29, 1.82) is 0 Å². The van der Waals surface area contributed by atoms with Crippen LogP contribution in [0.15, 0.2) is 36.9 Å². The molecule has 0 aliphatic carbocycles. The number of hydrogen-bond acceptors (Lipinski definition) is 1. The van der Waals surface area contributed by atoms with Gasteiger partial charge in [-0.3, -0.25) is 0 Å². The predicted molar refractivity (Wildman–Crippen MR) is 65.7 cm³/mol. The van der Waals surface area contributed by atoms with Crippen molar-refractivity contribution in [2.24, 2.45) is 0 Å². The minimum absolute atomic E-state index is 0.810. The molecule has 1 aromatic rings. The number of allylic oxidation sites excluding steroid dienone is 1. The minimum atomic E-state index is 0.810. The molecule has 0 radical (unpaired) electrons.